The molecule has 1 fully saturated rings. The fraction of sp³-hybridized carbons (Fsp3) is 0.600. The predicted molar refractivity (Wildman–Crippen MR) is 50.4 cm³/mol. The molecule has 1 atom stereocenters. The molecule has 1 rings (SSSR count). The first kappa shape index (κ1) is 10.6. The Morgan fingerprint density at radius 1 is 1.57 bits per heavy atom. The predicted octanol–water partition coefficient (Wildman–Crippen LogP) is 0.379. The van der Waals surface area contributed by atoms with Crippen molar-refractivity contribution in [3.63, 3.8) is 0 Å². The SMILES string of the molecule is C#CCC(NC(=O)C1CCC1)C(=O)O. The van der Waals surface area contributed by atoms with Gasteiger partial charge in [-0.15, -0.1) is 12.3 Å². The van der Waals surface area contributed by atoms with E-state index in [0.29, 0.717) is 0 Å². The molecule has 0 aliphatic heterocycles. The van der Waals surface area contributed by atoms with Crippen molar-refractivity contribution in [1.29, 1.82) is 0 Å². The average molecular weight is 195 g/mol. The number of aliphatic carboxylic acids is 1. The maximum absolute atomic E-state index is 11.4. The summed E-state index contributed by atoms with van der Waals surface area (Å²) in [4.78, 5) is 22.0. The summed E-state index contributed by atoms with van der Waals surface area (Å²) in [6.07, 6.45) is 7.79. The van der Waals surface area contributed by atoms with Crippen molar-refractivity contribution in [2.24, 2.45) is 5.92 Å². The van der Waals surface area contributed by atoms with Crippen molar-refractivity contribution in [2.75, 3.05) is 0 Å². The number of carbonyl (C=O) groups excluding carboxylic acids is 1. The Bertz CT molecular complexity index is 276. The fourth-order valence-electron chi connectivity index (χ4n) is 1.28. The van der Waals surface area contributed by atoms with Gasteiger partial charge in [0.05, 0.1) is 0 Å². The van der Waals surface area contributed by atoms with Crippen LogP contribution in [0.3, 0.4) is 0 Å². The van der Waals surface area contributed by atoms with Crippen molar-refractivity contribution >= 4 is 11.9 Å². The van der Waals surface area contributed by atoms with Crippen molar-refractivity contribution in [2.45, 2.75) is 31.7 Å². The van der Waals surface area contributed by atoms with E-state index in [2.05, 4.69) is 11.2 Å². The number of nitrogens with one attached hydrogen (secondary N) is 1. The molecular formula is C10H13NO3. The van der Waals surface area contributed by atoms with Gasteiger partial charge in [0, 0.05) is 12.3 Å². The second-order valence-electron chi connectivity index (χ2n) is 3.44. The number of carboxylic acid groups (broad SMARTS) is 1. The molecule has 1 saturated carbocycles. The van der Waals surface area contributed by atoms with E-state index in [9.17, 15) is 9.59 Å². The maximum atomic E-state index is 11.4. The van der Waals surface area contributed by atoms with Crippen LogP contribution in [0.2, 0.25) is 0 Å². The average Bonchev–Trinajstić information content (AvgIpc) is 1.99. The third-order valence-electron chi connectivity index (χ3n) is 2.41. The van der Waals surface area contributed by atoms with Crippen LogP contribution in [0.25, 0.3) is 0 Å². The van der Waals surface area contributed by atoms with E-state index in [1.54, 1.807) is 0 Å². The Kier molecular flexibility index (Phi) is 3.52. The van der Waals surface area contributed by atoms with Gasteiger partial charge >= 0.3 is 5.97 Å². The number of carbonyl (C=O) groups is 2. The van der Waals surface area contributed by atoms with Crippen molar-refractivity contribution in [3.8, 4) is 12.3 Å². The van der Waals surface area contributed by atoms with Gasteiger partial charge in [-0.25, -0.2) is 4.79 Å². The molecule has 14 heavy (non-hydrogen) atoms. The summed E-state index contributed by atoms with van der Waals surface area (Å²) in [5.41, 5.74) is 0. The Labute approximate surface area is 82.7 Å². The van der Waals surface area contributed by atoms with Crippen molar-refractivity contribution in [1.82, 2.24) is 5.32 Å². The maximum Gasteiger partial charge on any atom is 0.327 e. The summed E-state index contributed by atoms with van der Waals surface area (Å²) in [6.45, 7) is 0. The van der Waals surface area contributed by atoms with Crippen LogP contribution in [0, 0.1) is 18.3 Å². The summed E-state index contributed by atoms with van der Waals surface area (Å²) in [7, 11) is 0. The lowest BCUT2D eigenvalue weighted by Crippen LogP contribution is -2.44. The molecule has 0 bridgehead atoms. The molecule has 0 heterocycles. The molecule has 1 aliphatic rings. The van der Waals surface area contributed by atoms with Crippen LogP contribution >= 0.6 is 0 Å². The second kappa shape index (κ2) is 4.66. The number of hydrogen-bond acceptors (Lipinski definition) is 2. The Morgan fingerprint density at radius 2 is 2.21 bits per heavy atom. The van der Waals surface area contributed by atoms with Gasteiger partial charge in [-0.2, -0.15) is 0 Å². The quantitative estimate of drug-likeness (QED) is 0.637. The molecule has 0 aromatic heterocycles. The van der Waals surface area contributed by atoms with Crippen LogP contribution in [0.1, 0.15) is 25.7 Å². The standard InChI is InChI=1S/C10H13NO3/c1-2-4-8(10(13)14)11-9(12)7-5-3-6-7/h1,7-8H,3-6H2,(H,11,12)(H,13,14). The minimum absolute atomic E-state index is 0.00498. The molecule has 1 aliphatic carbocycles. The fourth-order valence-corrected chi connectivity index (χ4v) is 1.28. The van der Waals surface area contributed by atoms with E-state index in [4.69, 9.17) is 11.5 Å². The Hall–Kier alpha value is -1.50. The number of terminal acetylenes is 1. The van der Waals surface area contributed by atoms with E-state index >= 15 is 0 Å². The summed E-state index contributed by atoms with van der Waals surface area (Å²) in [6, 6.07) is -0.937. The molecule has 2 N–H and O–H groups in total. The van der Waals surface area contributed by atoms with E-state index in [1.165, 1.54) is 0 Å². The topological polar surface area (TPSA) is 66.4 Å². The minimum atomic E-state index is -1.07. The van der Waals surface area contributed by atoms with Gasteiger partial charge in [-0.3, -0.25) is 4.79 Å². The van der Waals surface area contributed by atoms with Crippen molar-refractivity contribution in [3.05, 3.63) is 0 Å². The number of hydrogen-bond donors (Lipinski definition) is 2. The van der Waals surface area contributed by atoms with Gasteiger partial charge in [-0.05, 0) is 12.8 Å². The van der Waals surface area contributed by atoms with Gasteiger partial charge < -0.3 is 10.4 Å². The molecule has 0 aromatic carbocycles. The third kappa shape index (κ3) is 2.49. The lowest BCUT2D eigenvalue weighted by atomic mass is 9.84. The van der Waals surface area contributed by atoms with Crippen molar-refractivity contribution < 1.29 is 14.7 Å². The zero-order valence-corrected chi connectivity index (χ0v) is 7.82. The van der Waals surface area contributed by atoms with Gasteiger partial charge in [0.1, 0.15) is 6.04 Å². The van der Waals surface area contributed by atoms with Crippen LogP contribution in [-0.2, 0) is 9.59 Å². The lowest BCUT2D eigenvalue weighted by molar-refractivity contribution is -0.142. The van der Waals surface area contributed by atoms with Gasteiger partial charge in [0.15, 0.2) is 0 Å². The molecule has 1 unspecified atom stereocenters. The Morgan fingerprint density at radius 3 is 2.57 bits per heavy atom. The van der Waals surface area contributed by atoms with Crippen LogP contribution in [0.15, 0.2) is 0 Å². The number of amides is 1. The molecule has 4 heteroatoms. The highest BCUT2D eigenvalue weighted by Crippen LogP contribution is 2.26. The molecule has 0 saturated heterocycles. The zero-order chi connectivity index (χ0) is 10.6. The largest absolute Gasteiger partial charge is 0.480 e. The summed E-state index contributed by atoms with van der Waals surface area (Å²) < 4.78 is 0. The highest BCUT2D eigenvalue weighted by atomic mass is 16.4. The third-order valence-corrected chi connectivity index (χ3v) is 2.41. The van der Waals surface area contributed by atoms with E-state index in [1.807, 2.05) is 0 Å². The van der Waals surface area contributed by atoms with E-state index in [0.717, 1.165) is 19.3 Å². The van der Waals surface area contributed by atoms with Crippen LogP contribution in [-0.4, -0.2) is 23.0 Å². The molecule has 76 valence electrons. The molecule has 0 radical (unpaired) electrons. The zero-order valence-electron chi connectivity index (χ0n) is 7.82. The van der Waals surface area contributed by atoms with E-state index in [-0.39, 0.29) is 18.2 Å². The second-order valence-corrected chi connectivity index (χ2v) is 3.44. The lowest BCUT2D eigenvalue weighted by Gasteiger charge is -2.25. The molecule has 1 amide bonds. The van der Waals surface area contributed by atoms with Crippen LogP contribution in [0.4, 0.5) is 0 Å². The number of rotatable bonds is 4. The first-order valence-electron chi connectivity index (χ1n) is 4.61. The highest BCUT2D eigenvalue weighted by molar-refractivity contribution is 5.85. The number of carboxylic acids is 1. The Balaban J connectivity index is 2.42. The normalized spacial score (nSPS) is 17.6. The van der Waals surface area contributed by atoms with Crippen LogP contribution in [0.5, 0.6) is 0 Å². The molecule has 4 nitrogen and oxygen atoms in total. The minimum Gasteiger partial charge on any atom is -0.480 e. The monoisotopic (exact) mass is 195 g/mol. The van der Waals surface area contributed by atoms with Gasteiger partial charge in [-0.1, -0.05) is 6.42 Å². The summed E-state index contributed by atoms with van der Waals surface area (Å²) in [5.74, 6) is 0.974. The van der Waals surface area contributed by atoms with Gasteiger partial charge in [0.2, 0.25) is 5.91 Å². The first-order chi connectivity index (χ1) is 6.65. The molecule has 0 spiro atoms. The molecular weight excluding hydrogens is 182 g/mol. The summed E-state index contributed by atoms with van der Waals surface area (Å²) in [5, 5.41) is 11.2. The summed E-state index contributed by atoms with van der Waals surface area (Å²) >= 11 is 0. The van der Waals surface area contributed by atoms with E-state index < -0.39 is 12.0 Å². The highest BCUT2D eigenvalue weighted by Gasteiger charge is 2.28. The van der Waals surface area contributed by atoms with Crippen LogP contribution < -0.4 is 5.32 Å². The first-order valence-corrected chi connectivity index (χ1v) is 4.61. The van der Waals surface area contributed by atoms with Gasteiger partial charge in [0.25, 0.3) is 0 Å². The molecule has 0 aromatic rings. The smallest absolute Gasteiger partial charge is 0.327 e.